The normalized spacial score (nSPS) is 9.83. The van der Waals surface area contributed by atoms with Crippen molar-refractivity contribution in [3.63, 3.8) is 0 Å². The van der Waals surface area contributed by atoms with Gasteiger partial charge in [0.1, 0.15) is 0 Å². The van der Waals surface area contributed by atoms with Gasteiger partial charge in [-0.2, -0.15) is 5.26 Å². The maximum absolute atomic E-state index is 12.0. The van der Waals surface area contributed by atoms with Crippen molar-refractivity contribution in [1.29, 1.82) is 5.26 Å². The Morgan fingerprint density at radius 1 is 1.04 bits per heavy atom. The summed E-state index contributed by atoms with van der Waals surface area (Å²) in [5, 5.41) is 14.1. The molecule has 2 N–H and O–H groups in total. The quantitative estimate of drug-likeness (QED) is 0.829. The van der Waals surface area contributed by atoms with Crippen LogP contribution in [0, 0.1) is 25.2 Å². The number of rotatable bonds is 2. The van der Waals surface area contributed by atoms with Crippen molar-refractivity contribution in [2.45, 2.75) is 13.8 Å². The first-order valence-corrected chi connectivity index (χ1v) is 7.17. The monoisotopic (exact) mass is 327 g/mol. The van der Waals surface area contributed by atoms with Crippen LogP contribution in [0.1, 0.15) is 16.7 Å². The van der Waals surface area contributed by atoms with Gasteiger partial charge in [-0.25, -0.2) is 0 Å². The molecule has 0 saturated carbocycles. The molecule has 0 fully saturated rings. The number of carbonyl (C=O) groups excluding carboxylic acids is 2. The first kappa shape index (κ1) is 16.5. The van der Waals surface area contributed by atoms with Gasteiger partial charge in [-0.15, -0.1) is 0 Å². The molecule has 0 aliphatic carbocycles. The largest absolute Gasteiger partial charge is 0.318 e. The second-order valence-electron chi connectivity index (χ2n) is 5.04. The van der Waals surface area contributed by atoms with E-state index in [4.69, 9.17) is 16.9 Å². The van der Waals surface area contributed by atoms with E-state index in [-0.39, 0.29) is 0 Å². The molecule has 0 heterocycles. The van der Waals surface area contributed by atoms with Crippen molar-refractivity contribution in [2.24, 2.45) is 0 Å². The Balaban J connectivity index is 2.08. The maximum Gasteiger partial charge on any atom is 0.314 e. The molecule has 0 unspecified atom stereocenters. The van der Waals surface area contributed by atoms with Crippen LogP contribution in [0.4, 0.5) is 11.4 Å². The van der Waals surface area contributed by atoms with Crippen molar-refractivity contribution in [1.82, 2.24) is 0 Å². The lowest BCUT2D eigenvalue weighted by atomic mass is 10.1. The highest BCUT2D eigenvalue weighted by Gasteiger charge is 2.17. The van der Waals surface area contributed by atoms with Crippen molar-refractivity contribution < 1.29 is 9.59 Å². The summed E-state index contributed by atoms with van der Waals surface area (Å²) < 4.78 is 0. The van der Waals surface area contributed by atoms with Gasteiger partial charge in [0.05, 0.1) is 22.3 Å². The molecule has 0 aliphatic rings. The molecule has 0 atom stereocenters. The van der Waals surface area contributed by atoms with E-state index in [0.29, 0.717) is 22.0 Å². The maximum atomic E-state index is 12.0. The lowest BCUT2D eigenvalue weighted by Gasteiger charge is -2.11. The molecular weight excluding hydrogens is 314 g/mol. The topological polar surface area (TPSA) is 82.0 Å². The molecule has 2 aromatic rings. The van der Waals surface area contributed by atoms with Crippen LogP contribution >= 0.6 is 11.6 Å². The molecule has 5 nitrogen and oxygen atoms in total. The molecule has 0 aromatic heterocycles. The minimum atomic E-state index is -0.816. The van der Waals surface area contributed by atoms with Crippen LogP contribution in [-0.2, 0) is 9.59 Å². The number of hydrogen-bond donors (Lipinski definition) is 2. The van der Waals surface area contributed by atoms with Gasteiger partial charge in [0.25, 0.3) is 0 Å². The number of carbonyl (C=O) groups is 2. The minimum absolute atomic E-state index is 0.377. The van der Waals surface area contributed by atoms with Gasteiger partial charge in [0.15, 0.2) is 0 Å². The molecule has 6 heteroatoms. The van der Waals surface area contributed by atoms with E-state index in [1.165, 1.54) is 0 Å². The number of halogens is 1. The smallest absolute Gasteiger partial charge is 0.314 e. The first-order chi connectivity index (χ1) is 10.9. The fraction of sp³-hybridized carbons (Fsp3) is 0.118. The predicted molar refractivity (Wildman–Crippen MR) is 89.3 cm³/mol. The molecule has 0 radical (unpaired) electrons. The van der Waals surface area contributed by atoms with Crippen LogP contribution in [0.5, 0.6) is 0 Å². The Labute approximate surface area is 138 Å². The van der Waals surface area contributed by atoms with Crippen LogP contribution in [0.2, 0.25) is 5.02 Å². The zero-order valence-corrected chi connectivity index (χ0v) is 13.4. The summed E-state index contributed by atoms with van der Waals surface area (Å²) in [6, 6.07) is 11.7. The second-order valence-corrected chi connectivity index (χ2v) is 5.44. The summed E-state index contributed by atoms with van der Waals surface area (Å²) in [6.07, 6.45) is 0. The van der Waals surface area contributed by atoms with Crippen LogP contribution in [-0.4, -0.2) is 11.8 Å². The molecule has 0 spiro atoms. The zero-order valence-electron chi connectivity index (χ0n) is 12.6. The summed E-state index contributed by atoms with van der Waals surface area (Å²) in [5.41, 5.74) is 3.05. The van der Waals surface area contributed by atoms with Crippen LogP contribution in [0.25, 0.3) is 0 Å². The third-order valence-corrected chi connectivity index (χ3v) is 3.45. The highest BCUT2D eigenvalue weighted by Crippen LogP contribution is 2.27. The number of amides is 2. The Hall–Kier alpha value is -2.84. The molecule has 23 heavy (non-hydrogen) atoms. The molecule has 116 valence electrons. The summed E-state index contributed by atoms with van der Waals surface area (Å²) in [4.78, 5) is 23.9. The number of anilines is 2. The number of nitrogens with zero attached hydrogens (tertiary/aromatic N) is 1. The fourth-order valence-electron chi connectivity index (χ4n) is 2.06. The standard InChI is InChI=1S/C17H14ClN3O2/c1-10-7-11(2)15(14(18)8-10)21-17(23)16(22)20-13-5-3-12(9-19)4-6-13/h3-8H,1-2H3,(H,20,22)(H,21,23). The third-order valence-electron chi connectivity index (χ3n) is 3.15. The molecule has 2 aromatic carbocycles. The van der Waals surface area contributed by atoms with Crippen LogP contribution in [0.15, 0.2) is 36.4 Å². The fourth-order valence-corrected chi connectivity index (χ4v) is 2.43. The van der Waals surface area contributed by atoms with Gasteiger partial charge >= 0.3 is 11.8 Å². The second kappa shape index (κ2) is 6.95. The van der Waals surface area contributed by atoms with Gasteiger partial charge < -0.3 is 10.6 Å². The zero-order chi connectivity index (χ0) is 17.0. The number of nitrogens with one attached hydrogen (secondary N) is 2. The minimum Gasteiger partial charge on any atom is -0.318 e. The van der Waals surface area contributed by atoms with E-state index in [9.17, 15) is 9.59 Å². The number of benzene rings is 2. The molecule has 0 saturated heterocycles. The van der Waals surface area contributed by atoms with Crippen molar-refractivity contribution >= 4 is 34.8 Å². The summed E-state index contributed by atoms with van der Waals surface area (Å²) in [5.74, 6) is -1.63. The van der Waals surface area contributed by atoms with Crippen LogP contribution in [0.3, 0.4) is 0 Å². The Bertz CT molecular complexity index is 785. The third kappa shape index (κ3) is 4.09. The number of nitriles is 1. The van der Waals surface area contributed by atoms with Gasteiger partial charge in [-0.3, -0.25) is 9.59 Å². The van der Waals surface area contributed by atoms with Crippen molar-refractivity contribution in [3.8, 4) is 6.07 Å². The molecule has 0 bridgehead atoms. The number of hydrogen-bond acceptors (Lipinski definition) is 3. The van der Waals surface area contributed by atoms with Gasteiger partial charge in [-0.05, 0) is 55.3 Å². The average molecular weight is 328 g/mol. The highest BCUT2D eigenvalue weighted by atomic mass is 35.5. The average Bonchev–Trinajstić information content (AvgIpc) is 2.51. The molecular formula is C17H14ClN3O2. The van der Waals surface area contributed by atoms with E-state index < -0.39 is 11.8 Å². The predicted octanol–water partition coefficient (Wildman–Crippen LogP) is 3.41. The summed E-state index contributed by atoms with van der Waals surface area (Å²) >= 11 is 6.10. The summed E-state index contributed by atoms with van der Waals surface area (Å²) in [7, 11) is 0. The van der Waals surface area contributed by atoms with E-state index in [0.717, 1.165) is 11.1 Å². The summed E-state index contributed by atoms with van der Waals surface area (Å²) in [6.45, 7) is 3.69. The number of aryl methyl sites for hydroxylation is 2. The van der Waals surface area contributed by atoms with Crippen molar-refractivity contribution in [2.75, 3.05) is 10.6 Å². The lowest BCUT2D eigenvalue weighted by molar-refractivity contribution is -0.133. The Morgan fingerprint density at radius 3 is 2.22 bits per heavy atom. The molecule has 2 amide bonds. The van der Waals surface area contributed by atoms with E-state index in [2.05, 4.69) is 10.6 Å². The molecule has 0 aliphatic heterocycles. The Kier molecular flexibility index (Phi) is 4.99. The molecule has 2 rings (SSSR count). The van der Waals surface area contributed by atoms with E-state index >= 15 is 0 Å². The lowest BCUT2D eigenvalue weighted by Crippen LogP contribution is -2.29. The highest BCUT2D eigenvalue weighted by molar-refractivity contribution is 6.45. The van der Waals surface area contributed by atoms with Gasteiger partial charge in [0.2, 0.25) is 0 Å². The van der Waals surface area contributed by atoms with E-state index in [1.807, 2.05) is 19.1 Å². The Morgan fingerprint density at radius 2 is 1.65 bits per heavy atom. The first-order valence-electron chi connectivity index (χ1n) is 6.80. The van der Waals surface area contributed by atoms with E-state index in [1.54, 1.807) is 37.3 Å². The van der Waals surface area contributed by atoms with Gasteiger partial charge in [-0.1, -0.05) is 17.7 Å². The van der Waals surface area contributed by atoms with Gasteiger partial charge in [0, 0.05) is 5.69 Å². The van der Waals surface area contributed by atoms with Crippen molar-refractivity contribution in [3.05, 3.63) is 58.1 Å². The van der Waals surface area contributed by atoms with Crippen LogP contribution < -0.4 is 10.6 Å². The SMILES string of the molecule is Cc1cc(C)c(NC(=O)C(=O)Nc2ccc(C#N)cc2)c(Cl)c1.